The lowest BCUT2D eigenvalue weighted by Gasteiger charge is -2.10. The first kappa shape index (κ1) is 17.2. The molecule has 0 spiro atoms. The van der Waals surface area contributed by atoms with Crippen LogP contribution >= 0.6 is 15.9 Å². The molecule has 0 aliphatic rings. The smallest absolute Gasteiger partial charge is 0.262 e. The zero-order valence-electron chi connectivity index (χ0n) is 13.8. The Morgan fingerprint density at radius 3 is 2.40 bits per heavy atom. The summed E-state index contributed by atoms with van der Waals surface area (Å²) in [5.74, 6) is -1.20. The molecule has 3 aromatic rings. The average molecular weight is 401 g/mol. The van der Waals surface area contributed by atoms with Crippen LogP contribution < -0.4 is 5.73 Å². The molecule has 0 aliphatic carbocycles. The number of fused-ring (bicyclic) bond motifs is 1. The van der Waals surface area contributed by atoms with Gasteiger partial charge >= 0.3 is 0 Å². The molecule has 5 nitrogen and oxygen atoms in total. The molecule has 2 aromatic carbocycles. The molecule has 0 saturated heterocycles. The minimum atomic E-state index is -0.580. The van der Waals surface area contributed by atoms with Crippen LogP contribution in [0.4, 0.5) is 0 Å². The molecule has 1 amide bonds. The lowest BCUT2D eigenvalue weighted by molar-refractivity contribution is -0.119. The van der Waals surface area contributed by atoms with Crippen LogP contribution in [0, 0.1) is 6.92 Å². The summed E-state index contributed by atoms with van der Waals surface area (Å²) in [5, 5.41) is 10.5. The van der Waals surface area contributed by atoms with Gasteiger partial charge in [0, 0.05) is 21.1 Å². The first-order valence-electron chi connectivity index (χ1n) is 7.74. The number of carbonyl (C=O) groups is 2. The molecule has 0 fully saturated rings. The number of halogens is 1. The summed E-state index contributed by atoms with van der Waals surface area (Å²) in [4.78, 5) is 24.8. The summed E-state index contributed by atoms with van der Waals surface area (Å²) < 4.78 is 2.44. The number of hydrogen-bond donors (Lipinski definition) is 2. The van der Waals surface area contributed by atoms with Crippen LogP contribution in [0.2, 0.25) is 0 Å². The van der Waals surface area contributed by atoms with Gasteiger partial charge in [-0.1, -0.05) is 15.9 Å². The number of aromatic hydroxyl groups is 1. The first-order valence-corrected chi connectivity index (χ1v) is 8.54. The molecular formula is C19H17BrN2O3. The van der Waals surface area contributed by atoms with Gasteiger partial charge in [0.25, 0.3) is 5.91 Å². The third-order valence-corrected chi connectivity index (χ3v) is 4.92. The van der Waals surface area contributed by atoms with E-state index >= 15 is 0 Å². The maximum Gasteiger partial charge on any atom is 0.262 e. The fourth-order valence-corrected chi connectivity index (χ4v) is 3.37. The van der Waals surface area contributed by atoms with Gasteiger partial charge in [-0.2, -0.15) is 0 Å². The van der Waals surface area contributed by atoms with Gasteiger partial charge < -0.3 is 10.8 Å². The summed E-state index contributed by atoms with van der Waals surface area (Å²) in [7, 11) is 0. The van der Waals surface area contributed by atoms with Crippen molar-refractivity contribution >= 4 is 38.6 Å². The number of nitrogens with two attached hydrogens (primary N) is 1. The molecule has 3 rings (SSSR count). The topological polar surface area (TPSA) is 85.3 Å². The normalized spacial score (nSPS) is 12.3. The fraction of sp³-hybridized carbons (Fsp3) is 0.158. The zero-order valence-corrected chi connectivity index (χ0v) is 15.4. The largest absolute Gasteiger partial charge is 0.508 e. The second kappa shape index (κ2) is 6.37. The Kier molecular flexibility index (Phi) is 4.39. The number of rotatable bonds is 3. The molecule has 1 heterocycles. The van der Waals surface area contributed by atoms with Crippen molar-refractivity contribution in [3.05, 3.63) is 63.8 Å². The second-order valence-electron chi connectivity index (χ2n) is 5.97. The Morgan fingerprint density at radius 2 is 1.80 bits per heavy atom. The van der Waals surface area contributed by atoms with Crippen LogP contribution in [0.3, 0.4) is 0 Å². The van der Waals surface area contributed by atoms with E-state index in [9.17, 15) is 14.7 Å². The minimum Gasteiger partial charge on any atom is -0.508 e. The van der Waals surface area contributed by atoms with E-state index in [0.29, 0.717) is 27.7 Å². The number of aromatic nitrogens is 1. The standard InChI is InChI=1S/C19H17BrN2O3/c1-10(18(21)24)17-11(2)22(16-8-7-14(23)9-15(16)17)19(25)12-3-5-13(20)6-4-12/h3-10,23H,1-2H3,(H2,21,24). The monoisotopic (exact) mass is 400 g/mol. The molecule has 1 atom stereocenters. The van der Waals surface area contributed by atoms with Crippen molar-refractivity contribution in [1.29, 1.82) is 0 Å². The van der Waals surface area contributed by atoms with E-state index in [1.165, 1.54) is 6.07 Å². The summed E-state index contributed by atoms with van der Waals surface area (Å²) >= 11 is 3.35. The molecular weight excluding hydrogens is 384 g/mol. The summed E-state index contributed by atoms with van der Waals surface area (Å²) in [6, 6.07) is 11.8. The highest BCUT2D eigenvalue weighted by Crippen LogP contribution is 2.34. The Hall–Kier alpha value is -2.60. The molecule has 128 valence electrons. The maximum absolute atomic E-state index is 13.1. The van der Waals surface area contributed by atoms with Crippen molar-refractivity contribution in [1.82, 2.24) is 4.57 Å². The number of amides is 1. The molecule has 1 unspecified atom stereocenters. The Morgan fingerprint density at radius 1 is 1.16 bits per heavy atom. The van der Waals surface area contributed by atoms with Crippen molar-refractivity contribution in [3.63, 3.8) is 0 Å². The lowest BCUT2D eigenvalue weighted by Crippen LogP contribution is -2.20. The molecule has 0 aliphatic heterocycles. The average Bonchev–Trinajstić information content (AvgIpc) is 2.85. The quantitative estimate of drug-likeness (QED) is 0.702. The first-order chi connectivity index (χ1) is 11.8. The van der Waals surface area contributed by atoms with E-state index in [4.69, 9.17) is 5.73 Å². The summed E-state index contributed by atoms with van der Waals surface area (Å²) in [6.07, 6.45) is 0. The van der Waals surface area contributed by atoms with Crippen LogP contribution in [-0.2, 0) is 4.79 Å². The van der Waals surface area contributed by atoms with Gasteiger partial charge in [0.05, 0.1) is 11.4 Å². The SMILES string of the molecule is Cc1c(C(C)C(N)=O)c2cc(O)ccc2n1C(=O)c1ccc(Br)cc1. The van der Waals surface area contributed by atoms with Gasteiger partial charge in [-0.15, -0.1) is 0 Å². The molecule has 0 radical (unpaired) electrons. The third kappa shape index (κ3) is 2.93. The highest BCUT2D eigenvalue weighted by atomic mass is 79.9. The Balaban J connectivity index is 2.28. The third-order valence-electron chi connectivity index (χ3n) is 4.39. The molecule has 3 N–H and O–H groups in total. The Bertz CT molecular complexity index is 990. The molecule has 0 saturated carbocycles. The number of nitrogens with zero attached hydrogens (tertiary/aromatic N) is 1. The highest BCUT2D eigenvalue weighted by molar-refractivity contribution is 9.10. The van der Waals surface area contributed by atoms with E-state index in [0.717, 1.165) is 4.47 Å². The second-order valence-corrected chi connectivity index (χ2v) is 6.89. The van der Waals surface area contributed by atoms with E-state index < -0.39 is 11.8 Å². The van der Waals surface area contributed by atoms with Gasteiger partial charge in [-0.05, 0) is 61.9 Å². The van der Waals surface area contributed by atoms with Gasteiger partial charge in [-0.3, -0.25) is 14.2 Å². The number of primary amides is 1. The minimum absolute atomic E-state index is 0.0682. The predicted molar refractivity (Wildman–Crippen MR) is 99.8 cm³/mol. The van der Waals surface area contributed by atoms with Crippen LogP contribution in [0.5, 0.6) is 5.75 Å². The highest BCUT2D eigenvalue weighted by Gasteiger charge is 2.25. The van der Waals surface area contributed by atoms with Crippen LogP contribution in [0.25, 0.3) is 10.9 Å². The molecule has 1 aromatic heterocycles. The summed E-state index contributed by atoms with van der Waals surface area (Å²) in [5.41, 5.74) is 7.93. The zero-order chi connectivity index (χ0) is 18.3. The van der Waals surface area contributed by atoms with Gasteiger partial charge in [0.1, 0.15) is 5.75 Å². The van der Waals surface area contributed by atoms with E-state index in [2.05, 4.69) is 15.9 Å². The lowest BCUT2D eigenvalue weighted by atomic mass is 9.97. The van der Waals surface area contributed by atoms with Crippen molar-refractivity contribution in [3.8, 4) is 5.75 Å². The number of carbonyl (C=O) groups excluding carboxylic acids is 2. The van der Waals surface area contributed by atoms with Crippen LogP contribution in [0.1, 0.15) is 34.5 Å². The van der Waals surface area contributed by atoms with Gasteiger partial charge in [0.15, 0.2) is 0 Å². The van der Waals surface area contributed by atoms with Crippen molar-refractivity contribution < 1.29 is 14.7 Å². The van der Waals surface area contributed by atoms with Crippen molar-refractivity contribution in [2.45, 2.75) is 19.8 Å². The molecule has 6 heteroatoms. The van der Waals surface area contributed by atoms with Crippen molar-refractivity contribution in [2.75, 3.05) is 0 Å². The number of benzene rings is 2. The summed E-state index contributed by atoms with van der Waals surface area (Å²) in [6.45, 7) is 3.48. The van der Waals surface area contributed by atoms with Gasteiger partial charge in [-0.25, -0.2) is 0 Å². The van der Waals surface area contributed by atoms with Crippen LogP contribution in [-0.4, -0.2) is 21.5 Å². The number of phenols is 1. The van der Waals surface area contributed by atoms with Crippen molar-refractivity contribution in [2.24, 2.45) is 5.73 Å². The maximum atomic E-state index is 13.1. The number of phenolic OH excluding ortho intramolecular Hbond substituents is 1. The van der Waals surface area contributed by atoms with E-state index in [1.54, 1.807) is 54.8 Å². The number of hydrogen-bond acceptors (Lipinski definition) is 3. The molecule has 25 heavy (non-hydrogen) atoms. The predicted octanol–water partition coefficient (Wildman–Crippen LogP) is 3.70. The van der Waals surface area contributed by atoms with E-state index in [-0.39, 0.29) is 11.7 Å². The van der Waals surface area contributed by atoms with Crippen LogP contribution in [0.15, 0.2) is 46.9 Å². The molecule has 0 bridgehead atoms. The van der Waals surface area contributed by atoms with Gasteiger partial charge in [0.2, 0.25) is 5.91 Å². The fourth-order valence-electron chi connectivity index (χ4n) is 3.10. The Labute approximate surface area is 153 Å². The van der Waals surface area contributed by atoms with E-state index in [1.807, 2.05) is 0 Å².